The summed E-state index contributed by atoms with van der Waals surface area (Å²) in [6.45, 7) is 9.40. The molecule has 0 spiro atoms. The number of nitriles is 1. The van der Waals surface area contributed by atoms with Crippen molar-refractivity contribution in [3.63, 3.8) is 0 Å². The molecular formula is C23H27N3O2. The van der Waals surface area contributed by atoms with Gasteiger partial charge in [-0.3, -0.25) is 4.79 Å². The van der Waals surface area contributed by atoms with E-state index >= 15 is 0 Å². The van der Waals surface area contributed by atoms with Crippen molar-refractivity contribution in [3.8, 4) is 6.07 Å². The summed E-state index contributed by atoms with van der Waals surface area (Å²) < 4.78 is 0. The highest BCUT2D eigenvalue weighted by molar-refractivity contribution is 6.09. The van der Waals surface area contributed by atoms with Gasteiger partial charge in [-0.25, -0.2) is 0 Å². The first-order valence-corrected chi connectivity index (χ1v) is 9.36. The van der Waals surface area contributed by atoms with E-state index in [2.05, 4.69) is 10.2 Å². The lowest BCUT2D eigenvalue weighted by molar-refractivity contribution is -0.112. The van der Waals surface area contributed by atoms with Gasteiger partial charge in [-0.15, -0.1) is 0 Å². The third-order valence-corrected chi connectivity index (χ3v) is 4.80. The van der Waals surface area contributed by atoms with Crippen LogP contribution in [-0.4, -0.2) is 30.7 Å². The number of likely N-dealkylation sites (N-methyl/N-ethyl adjacent to an activating group) is 1. The van der Waals surface area contributed by atoms with E-state index in [1.165, 1.54) is 0 Å². The Bertz CT molecular complexity index is 926. The lowest BCUT2D eigenvalue weighted by Gasteiger charge is -2.22. The van der Waals surface area contributed by atoms with Crippen LogP contribution >= 0.6 is 0 Å². The van der Waals surface area contributed by atoms with E-state index in [-0.39, 0.29) is 12.2 Å². The zero-order chi connectivity index (χ0) is 20.7. The first-order valence-electron chi connectivity index (χ1n) is 9.36. The number of rotatable bonds is 7. The number of nitrogens with one attached hydrogen (secondary N) is 1. The van der Waals surface area contributed by atoms with E-state index in [0.717, 1.165) is 34.5 Å². The molecular weight excluding hydrogens is 350 g/mol. The molecule has 0 aliphatic heterocycles. The van der Waals surface area contributed by atoms with Crippen molar-refractivity contribution in [3.05, 3.63) is 64.2 Å². The fourth-order valence-electron chi connectivity index (χ4n) is 2.93. The van der Waals surface area contributed by atoms with Crippen molar-refractivity contribution < 1.29 is 9.90 Å². The van der Waals surface area contributed by atoms with Crippen LogP contribution in [0.5, 0.6) is 0 Å². The van der Waals surface area contributed by atoms with Gasteiger partial charge < -0.3 is 15.3 Å². The molecule has 0 aliphatic rings. The van der Waals surface area contributed by atoms with Gasteiger partial charge in [-0.05, 0) is 80.3 Å². The van der Waals surface area contributed by atoms with Crippen LogP contribution in [0.1, 0.15) is 29.2 Å². The number of carbonyl (C=O) groups is 1. The number of aryl methyl sites for hydroxylation is 3. The van der Waals surface area contributed by atoms with Gasteiger partial charge in [-0.1, -0.05) is 12.1 Å². The first-order chi connectivity index (χ1) is 13.4. The van der Waals surface area contributed by atoms with E-state index in [1.807, 2.05) is 70.2 Å². The maximum absolute atomic E-state index is 12.5. The lowest BCUT2D eigenvalue weighted by Crippen LogP contribution is -2.26. The molecule has 5 nitrogen and oxygen atoms in total. The van der Waals surface area contributed by atoms with E-state index in [9.17, 15) is 15.2 Å². The Kier molecular flexibility index (Phi) is 7.36. The summed E-state index contributed by atoms with van der Waals surface area (Å²) in [5.41, 5.74) is 5.73. The zero-order valence-corrected chi connectivity index (χ0v) is 16.9. The molecule has 0 aromatic heterocycles. The Hall–Kier alpha value is -3.10. The Morgan fingerprint density at radius 2 is 1.89 bits per heavy atom. The van der Waals surface area contributed by atoms with Gasteiger partial charge in [0.25, 0.3) is 5.91 Å². The van der Waals surface area contributed by atoms with Crippen LogP contribution in [0, 0.1) is 32.1 Å². The highest BCUT2D eigenvalue weighted by Crippen LogP contribution is 2.22. The van der Waals surface area contributed by atoms with E-state index in [0.29, 0.717) is 12.2 Å². The summed E-state index contributed by atoms with van der Waals surface area (Å²) >= 11 is 0. The van der Waals surface area contributed by atoms with Crippen LogP contribution in [0.3, 0.4) is 0 Å². The molecule has 0 bridgehead atoms. The van der Waals surface area contributed by atoms with Crippen LogP contribution in [0.2, 0.25) is 0 Å². The largest absolute Gasteiger partial charge is 0.395 e. The van der Waals surface area contributed by atoms with Crippen LogP contribution in [0.4, 0.5) is 11.4 Å². The van der Waals surface area contributed by atoms with Crippen molar-refractivity contribution in [1.82, 2.24) is 0 Å². The minimum atomic E-state index is -0.426. The predicted molar refractivity (Wildman–Crippen MR) is 114 cm³/mol. The molecule has 5 heteroatoms. The van der Waals surface area contributed by atoms with Gasteiger partial charge in [0, 0.05) is 24.5 Å². The highest BCUT2D eigenvalue weighted by Gasteiger charge is 2.12. The molecule has 2 aromatic carbocycles. The third-order valence-electron chi connectivity index (χ3n) is 4.80. The van der Waals surface area contributed by atoms with Crippen LogP contribution in [0.15, 0.2) is 42.0 Å². The lowest BCUT2D eigenvalue weighted by atomic mass is 10.0. The molecule has 0 saturated heterocycles. The number of amides is 1. The molecule has 2 aromatic rings. The molecule has 0 radical (unpaired) electrons. The van der Waals surface area contributed by atoms with Crippen molar-refractivity contribution in [2.45, 2.75) is 27.7 Å². The summed E-state index contributed by atoms with van der Waals surface area (Å²) in [5.74, 6) is -0.426. The fraction of sp³-hybridized carbons (Fsp3) is 0.304. The van der Waals surface area contributed by atoms with Gasteiger partial charge in [0.2, 0.25) is 0 Å². The Balaban J connectivity index is 2.24. The molecule has 0 fully saturated rings. The smallest absolute Gasteiger partial charge is 0.266 e. The van der Waals surface area contributed by atoms with E-state index in [4.69, 9.17) is 0 Å². The second kappa shape index (κ2) is 9.72. The second-order valence-electron chi connectivity index (χ2n) is 6.77. The second-order valence-corrected chi connectivity index (χ2v) is 6.77. The molecule has 0 atom stereocenters. The molecule has 2 rings (SSSR count). The predicted octanol–water partition coefficient (Wildman–Crippen LogP) is 3.98. The summed E-state index contributed by atoms with van der Waals surface area (Å²) in [7, 11) is 0. The molecule has 146 valence electrons. The Morgan fingerprint density at radius 3 is 2.46 bits per heavy atom. The summed E-state index contributed by atoms with van der Waals surface area (Å²) in [4.78, 5) is 14.6. The van der Waals surface area contributed by atoms with Gasteiger partial charge in [-0.2, -0.15) is 5.26 Å². The average molecular weight is 377 g/mol. The molecule has 0 saturated carbocycles. The Labute approximate surface area is 166 Å². The van der Waals surface area contributed by atoms with Gasteiger partial charge in [0.15, 0.2) is 0 Å². The van der Waals surface area contributed by atoms with Crippen molar-refractivity contribution in [1.29, 1.82) is 5.26 Å². The van der Waals surface area contributed by atoms with E-state index in [1.54, 1.807) is 6.08 Å². The maximum Gasteiger partial charge on any atom is 0.266 e. The maximum atomic E-state index is 12.5. The molecule has 0 unspecified atom stereocenters. The molecule has 2 N–H and O–H groups in total. The number of aliphatic hydroxyl groups is 1. The van der Waals surface area contributed by atoms with Crippen molar-refractivity contribution in [2.75, 3.05) is 29.9 Å². The molecule has 0 aliphatic carbocycles. The summed E-state index contributed by atoms with van der Waals surface area (Å²) in [6, 6.07) is 13.5. The van der Waals surface area contributed by atoms with Crippen molar-refractivity contribution in [2.24, 2.45) is 0 Å². The van der Waals surface area contributed by atoms with Crippen LogP contribution in [-0.2, 0) is 4.79 Å². The number of nitrogens with zero attached hydrogens (tertiary/aromatic N) is 2. The van der Waals surface area contributed by atoms with E-state index < -0.39 is 5.91 Å². The molecule has 28 heavy (non-hydrogen) atoms. The highest BCUT2D eigenvalue weighted by atomic mass is 16.3. The van der Waals surface area contributed by atoms with Gasteiger partial charge in [0.1, 0.15) is 11.6 Å². The third kappa shape index (κ3) is 5.21. The molecule has 0 heterocycles. The normalized spacial score (nSPS) is 11.1. The summed E-state index contributed by atoms with van der Waals surface area (Å²) in [5, 5.41) is 21.4. The standard InChI is InChI=1S/C23H27N3O2/c1-5-26(10-11-27)22-9-7-19(18(4)13-22)14-20(15-24)23(28)25-21-8-6-16(2)17(3)12-21/h6-9,12-14,27H,5,10-11H2,1-4H3,(H,25,28)/b20-14+. The monoisotopic (exact) mass is 377 g/mol. The number of anilines is 2. The minimum Gasteiger partial charge on any atom is -0.395 e. The van der Waals surface area contributed by atoms with Crippen LogP contribution < -0.4 is 10.2 Å². The Morgan fingerprint density at radius 1 is 1.14 bits per heavy atom. The first kappa shape index (κ1) is 21.2. The van der Waals surface area contributed by atoms with Crippen LogP contribution in [0.25, 0.3) is 6.08 Å². The fourth-order valence-corrected chi connectivity index (χ4v) is 2.93. The zero-order valence-electron chi connectivity index (χ0n) is 16.9. The number of carbonyl (C=O) groups excluding carboxylic acids is 1. The summed E-state index contributed by atoms with van der Waals surface area (Å²) in [6.07, 6.45) is 1.61. The SMILES string of the molecule is CCN(CCO)c1ccc(/C=C(\C#N)C(=O)Nc2ccc(C)c(C)c2)c(C)c1. The van der Waals surface area contributed by atoms with Gasteiger partial charge in [0.05, 0.1) is 6.61 Å². The molecule has 1 amide bonds. The number of benzene rings is 2. The number of hydrogen-bond donors (Lipinski definition) is 2. The minimum absolute atomic E-state index is 0.0526. The van der Waals surface area contributed by atoms with Gasteiger partial charge >= 0.3 is 0 Å². The topological polar surface area (TPSA) is 76.4 Å². The number of hydrogen-bond acceptors (Lipinski definition) is 4. The average Bonchev–Trinajstić information content (AvgIpc) is 2.68. The van der Waals surface area contributed by atoms with Crippen molar-refractivity contribution >= 4 is 23.4 Å². The quantitative estimate of drug-likeness (QED) is 0.565. The number of aliphatic hydroxyl groups excluding tert-OH is 1.